The summed E-state index contributed by atoms with van der Waals surface area (Å²) in [5.41, 5.74) is 1.35. The number of piperazine rings is 1. The van der Waals surface area contributed by atoms with Crippen molar-refractivity contribution in [2.75, 3.05) is 36.4 Å². The first-order valence-electron chi connectivity index (χ1n) is 7.95. The van der Waals surface area contributed by atoms with Crippen molar-refractivity contribution in [3.05, 3.63) is 62.6 Å². The van der Waals surface area contributed by atoms with Gasteiger partial charge in [0.15, 0.2) is 0 Å². The van der Waals surface area contributed by atoms with Gasteiger partial charge in [-0.1, -0.05) is 29.3 Å². The number of hydrogen-bond donors (Lipinski definition) is 1. The van der Waals surface area contributed by atoms with Crippen LogP contribution < -0.4 is 10.2 Å². The number of benzene rings is 2. The second kappa shape index (κ2) is 7.80. The number of amides is 2. The Morgan fingerprint density at radius 3 is 2.12 bits per heavy atom. The molecule has 1 N–H and O–H groups in total. The van der Waals surface area contributed by atoms with Crippen LogP contribution in [0.1, 0.15) is 0 Å². The van der Waals surface area contributed by atoms with Gasteiger partial charge in [-0.3, -0.25) is 10.1 Å². The highest BCUT2D eigenvalue weighted by Gasteiger charge is 2.22. The van der Waals surface area contributed by atoms with Gasteiger partial charge in [-0.15, -0.1) is 0 Å². The number of hydrogen-bond acceptors (Lipinski definition) is 4. The summed E-state index contributed by atoms with van der Waals surface area (Å²) in [6.07, 6.45) is 0. The Hall–Kier alpha value is -2.51. The molecule has 2 aromatic rings. The van der Waals surface area contributed by atoms with Gasteiger partial charge in [0.1, 0.15) is 0 Å². The normalized spacial score (nSPS) is 14.2. The van der Waals surface area contributed by atoms with E-state index in [4.69, 9.17) is 23.2 Å². The van der Waals surface area contributed by atoms with Gasteiger partial charge >= 0.3 is 6.03 Å². The number of nitrogens with one attached hydrogen (secondary N) is 1. The Morgan fingerprint density at radius 2 is 1.58 bits per heavy atom. The smallest absolute Gasteiger partial charge is 0.322 e. The van der Waals surface area contributed by atoms with Crippen molar-refractivity contribution < 1.29 is 9.72 Å². The van der Waals surface area contributed by atoms with Crippen LogP contribution in [0.3, 0.4) is 0 Å². The molecule has 3 rings (SSSR count). The SMILES string of the molecule is O=C(Nc1c(Cl)cccc1Cl)N1CCN(c2ccc([N+](=O)[O-])cc2)CC1. The van der Waals surface area contributed by atoms with Crippen molar-refractivity contribution in [2.24, 2.45) is 0 Å². The standard InChI is InChI=1S/C17H16Cl2N4O3/c18-14-2-1-3-15(19)16(14)20-17(24)22-10-8-21(9-11-22)12-4-6-13(7-5-12)23(25)26/h1-7H,8-11H2,(H,20,24). The molecule has 9 heteroatoms. The van der Waals surface area contributed by atoms with Crippen LogP contribution in [-0.2, 0) is 0 Å². The fourth-order valence-corrected chi connectivity index (χ4v) is 3.25. The number of nitrogens with zero attached hydrogens (tertiary/aromatic N) is 3. The lowest BCUT2D eigenvalue weighted by Crippen LogP contribution is -2.50. The molecule has 0 aromatic heterocycles. The molecule has 1 aliphatic rings. The first-order valence-corrected chi connectivity index (χ1v) is 8.70. The summed E-state index contributed by atoms with van der Waals surface area (Å²) in [6.45, 7) is 2.29. The largest absolute Gasteiger partial charge is 0.368 e. The molecule has 2 aromatic carbocycles. The monoisotopic (exact) mass is 394 g/mol. The van der Waals surface area contributed by atoms with Gasteiger partial charge in [-0.25, -0.2) is 4.79 Å². The quantitative estimate of drug-likeness (QED) is 0.622. The summed E-state index contributed by atoms with van der Waals surface area (Å²) in [5.74, 6) is 0. The molecular weight excluding hydrogens is 379 g/mol. The van der Waals surface area contributed by atoms with Crippen molar-refractivity contribution >= 4 is 46.3 Å². The van der Waals surface area contributed by atoms with E-state index in [9.17, 15) is 14.9 Å². The third kappa shape index (κ3) is 4.00. The maximum Gasteiger partial charge on any atom is 0.322 e. The number of nitro benzene ring substituents is 1. The highest BCUT2D eigenvalue weighted by Crippen LogP contribution is 2.30. The Morgan fingerprint density at radius 1 is 1.00 bits per heavy atom. The molecule has 136 valence electrons. The Labute approximate surface area is 160 Å². The van der Waals surface area contributed by atoms with Crippen LogP contribution in [-0.4, -0.2) is 42.0 Å². The van der Waals surface area contributed by atoms with Crippen molar-refractivity contribution in [2.45, 2.75) is 0 Å². The van der Waals surface area contributed by atoms with E-state index in [2.05, 4.69) is 10.2 Å². The van der Waals surface area contributed by atoms with Gasteiger partial charge in [-0.05, 0) is 24.3 Å². The van der Waals surface area contributed by atoms with Gasteiger partial charge < -0.3 is 15.1 Å². The van der Waals surface area contributed by atoms with Crippen LogP contribution in [0.25, 0.3) is 0 Å². The lowest BCUT2D eigenvalue weighted by atomic mass is 10.2. The minimum Gasteiger partial charge on any atom is -0.368 e. The number of rotatable bonds is 3. The molecule has 2 amide bonds. The zero-order chi connectivity index (χ0) is 18.7. The van der Waals surface area contributed by atoms with Crippen molar-refractivity contribution in [1.82, 2.24) is 4.90 Å². The summed E-state index contributed by atoms with van der Waals surface area (Å²) in [5, 5.41) is 14.2. The van der Waals surface area contributed by atoms with E-state index in [0.29, 0.717) is 41.9 Å². The molecule has 0 radical (unpaired) electrons. The maximum absolute atomic E-state index is 12.4. The molecule has 0 bridgehead atoms. The van der Waals surface area contributed by atoms with Gasteiger partial charge in [0.25, 0.3) is 5.69 Å². The first-order chi connectivity index (χ1) is 12.5. The molecule has 1 saturated heterocycles. The zero-order valence-corrected chi connectivity index (χ0v) is 15.2. The molecule has 1 aliphatic heterocycles. The van der Waals surface area contributed by atoms with Crippen LogP contribution in [0.5, 0.6) is 0 Å². The average molecular weight is 395 g/mol. The number of halogens is 2. The lowest BCUT2D eigenvalue weighted by Gasteiger charge is -2.36. The molecule has 0 saturated carbocycles. The van der Waals surface area contributed by atoms with E-state index in [1.54, 1.807) is 35.2 Å². The molecule has 7 nitrogen and oxygen atoms in total. The number of carbonyl (C=O) groups excluding carboxylic acids is 1. The predicted molar refractivity (Wildman–Crippen MR) is 102 cm³/mol. The topological polar surface area (TPSA) is 78.7 Å². The molecule has 0 atom stereocenters. The Balaban J connectivity index is 1.59. The van der Waals surface area contributed by atoms with Gasteiger partial charge in [-0.2, -0.15) is 0 Å². The Bertz CT molecular complexity index is 801. The van der Waals surface area contributed by atoms with Crippen molar-refractivity contribution in [3.8, 4) is 0 Å². The number of anilines is 2. The number of nitro groups is 1. The number of non-ortho nitro benzene ring substituents is 1. The van der Waals surface area contributed by atoms with Crippen LogP contribution in [0.15, 0.2) is 42.5 Å². The molecular formula is C17H16Cl2N4O3. The highest BCUT2D eigenvalue weighted by atomic mass is 35.5. The second-order valence-electron chi connectivity index (χ2n) is 5.77. The van der Waals surface area contributed by atoms with E-state index < -0.39 is 4.92 Å². The summed E-state index contributed by atoms with van der Waals surface area (Å²) in [7, 11) is 0. The molecule has 0 aliphatic carbocycles. The number of urea groups is 1. The van der Waals surface area contributed by atoms with E-state index in [1.165, 1.54) is 12.1 Å². The Kier molecular flexibility index (Phi) is 5.49. The van der Waals surface area contributed by atoms with Crippen molar-refractivity contribution in [1.29, 1.82) is 0 Å². The van der Waals surface area contributed by atoms with Crippen LogP contribution in [0.2, 0.25) is 10.0 Å². The molecule has 1 heterocycles. The second-order valence-corrected chi connectivity index (χ2v) is 6.59. The minimum atomic E-state index is -0.425. The van der Waals surface area contributed by atoms with E-state index >= 15 is 0 Å². The van der Waals surface area contributed by atoms with Gasteiger partial charge in [0, 0.05) is 44.0 Å². The number of para-hydroxylation sites is 1. The maximum atomic E-state index is 12.4. The average Bonchev–Trinajstić information content (AvgIpc) is 2.65. The van der Waals surface area contributed by atoms with Crippen LogP contribution >= 0.6 is 23.2 Å². The van der Waals surface area contributed by atoms with Crippen molar-refractivity contribution in [3.63, 3.8) is 0 Å². The fourth-order valence-electron chi connectivity index (χ4n) is 2.76. The third-order valence-electron chi connectivity index (χ3n) is 4.19. The van der Waals surface area contributed by atoms with E-state index in [1.807, 2.05) is 0 Å². The molecule has 1 fully saturated rings. The molecule has 0 spiro atoms. The summed E-state index contributed by atoms with van der Waals surface area (Å²) < 4.78 is 0. The fraction of sp³-hybridized carbons (Fsp3) is 0.235. The summed E-state index contributed by atoms with van der Waals surface area (Å²) >= 11 is 12.2. The van der Waals surface area contributed by atoms with Gasteiger partial charge in [0.05, 0.1) is 20.7 Å². The molecule has 26 heavy (non-hydrogen) atoms. The zero-order valence-electron chi connectivity index (χ0n) is 13.7. The summed E-state index contributed by atoms with van der Waals surface area (Å²) in [6, 6.07) is 11.2. The molecule has 0 unspecified atom stereocenters. The van der Waals surface area contributed by atoms with E-state index in [-0.39, 0.29) is 11.7 Å². The summed E-state index contributed by atoms with van der Waals surface area (Å²) in [4.78, 5) is 26.5. The highest BCUT2D eigenvalue weighted by molar-refractivity contribution is 6.39. The van der Waals surface area contributed by atoms with Gasteiger partial charge in [0.2, 0.25) is 0 Å². The number of carbonyl (C=O) groups is 1. The first kappa shape index (κ1) is 18.3. The van der Waals surface area contributed by atoms with Crippen LogP contribution in [0, 0.1) is 10.1 Å². The third-order valence-corrected chi connectivity index (χ3v) is 4.82. The van der Waals surface area contributed by atoms with Crippen LogP contribution in [0.4, 0.5) is 21.9 Å². The minimum absolute atomic E-state index is 0.0587. The lowest BCUT2D eigenvalue weighted by molar-refractivity contribution is -0.384. The van der Waals surface area contributed by atoms with E-state index in [0.717, 1.165) is 5.69 Å². The predicted octanol–water partition coefficient (Wildman–Crippen LogP) is 4.26.